The molecule has 31 heavy (non-hydrogen) atoms. The summed E-state index contributed by atoms with van der Waals surface area (Å²) in [6.45, 7) is 2.20. The van der Waals surface area contributed by atoms with E-state index in [0.717, 1.165) is 35.1 Å². The monoisotopic (exact) mass is 413 g/mol. The van der Waals surface area contributed by atoms with Gasteiger partial charge in [-0.15, -0.1) is 0 Å². The highest BCUT2D eigenvalue weighted by Crippen LogP contribution is 2.43. The number of benzene rings is 3. The summed E-state index contributed by atoms with van der Waals surface area (Å²) in [6, 6.07) is 20.4. The van der Waals surface area contributed by atoms with Gasteiger partial charge in [-0.3, -0.25) is 0 Å². The predicted molar refractivity (Wildman–Crippen MR) is 120 cm³/mol. The number of aryl methyl sites for hydroxylation is 1. The Labute approximate surface area is 179 Å². The molecule has 1 aliphatic rings. The fourth-order valence-electron chi connectivity index (χ4n) is 3.85. The van der Waals surface area contributed by atoms with Crippen molar-refractivity contribution in [1.29, 1.82) is 0 Å². The Morgan fingerprint density at radius 1 is 1.06 bits per heavy atom. The maximum atomic E-state index is 12.4. The normalized spacial score (nSPS) is 14.2. The molecule has 1 saturated carbocycles. The van der Waals surface area contributed by atoms with Crippen molar-refractivity contribution in [3.05, 3.63) is 87.8 Å². The van der Waals surface area contributed by atoms with Crippen LogP contribution in [-0.4, -0.2) is 25.5 Å². The molecule has 1 aromatic heterocycles. The van der Waals surface area contributed by atoms with Crippen molar-refractivity contribution in [2.45, 2.75) is 32.3 Å². The van der Waals surface area contributed by atoms with Crippen LogP contribution in [0.2, 0.25) is 0 Å². The Kier molecular flexibility index (Phi) is 4.86. The number of hydrogen-bond donors (Lipinski definition) is 0. The number of nitrogens with zero attached hydrogens (tertiary/aromatic N) is 5. The molecule has 1 heterocycles. The van der Waals surface area contributed by atoms with E-state index in [9.17, 15) is 4.79 Å². The summed E-state index contributed by atoms with van der Waals surface area (Å²) in [7, 11) is 1.59. The second-order valence-corrected chi connectivity index (χ2v) is 7.93. The van der Waals surface area contributed by atoms with Crippen LogP contribution in [0.5, 0.6) is 0 Å². The van der Waals surface area contributed by atoms with Gasteiger partial charge in [0.25, 0.3) is 0 Å². The van der Waals surface area contributed by atoms with Crippen molar-refractivity contribution in [2.75, 3.05) is 0 Å². The minimum absolute atomic E-state index is 0.260. The van der Waals surface area contributed by atoms with Gasteiger partial charge in [-0.25, -0.2) is 4.79 Å². The summed E-state index contributed by atoms with van der Waals surface area (Å²) in [6.07, 6.45) is 2.29. The maximum Gasteiger partial charge on any atom is 0.368 e. The van der Waals surface area contributed by atoms with Crippen LogP contribution in [0.3, 0.4) is 0 Å². The van der Waals surface area contributed by atoms with Crippen molar-refractivity contribution in [3.63, 3.8) is 0 Å². The maximum absolute atomic E-state index is 12.4. The Hall–Kier alpha value is -3.74. The van der Waals surface area contributed by atoms with Crippen LogP contribution in [0.4, 0.5) is 0 Å². The molecule has 0 amide bonds. The van der Waals surface area contributed by atoms with Gasteiger partial charge in [-0.1, -0.05) is 53.7 Å². The fraction of sp³-hybridized carbons (Fsp3) is 0.250. The van der Waals surface area contributed by atoms with Crippen molar-refractivity contribution >= 4 is 16.5 Å². The number of oxime groups is 1. The first-order chi connectivity index (χ1) is 15.1. The lowest BCUT2D eigenvalue weighted by Gasteiger charge is -2.13. The molecule has 0 saturated heterocycles. The summed E-state index contributed by atoms with van der Waals surface area (Å²) in [5, 5.41) is 14.6. The highest BCUT2D eigenvalue weighted by Gasteiger charge is 2.28. The number of rotatable bonds is 6. The van der Waals surface area contributed by atoms with Crippen molar-refractivity contribution in [3.8, 4) is 5.69 Å². The Morgan fingerprint density at radius 2 is 1.87 bits per heavy atom. The van der Waals surface area contributed by atoms with E-state index in [0.29, 0.717) is 11.6 Å². The molecule has 7 nitrogen and oxygen atoms in total. The lowest BCUT2D eigenvalue weighted by molar-refractivity contribution is 0.129. The van der Waals surface area contributed by atoms with Crippen molar-refractivity contribution < 1.29 is 4.84 Å². The zero-order valence-electron chi connectivity index (χ0n) is 17.5. The first-order valence-corrected chi connectivity index (χ1v) is 10.4. The molecular weight excluding hydrogens is 390 g/mol. The summed E-state index contributed by atoms with van der Waals surface area (Å²) in [4.78, 5) is 18.2. The topological polar surface area (TPSA) is 74.3 Å². The molecule has 3 aromatic carbocycles. The van der Waals surface area contributed by atoms with Gasteiger partial charge in [0, 0.05) is 12.6 Å². The van der Waals surface area contributed by atoms with Gasteiger partial charge < -0.3 is 4.84 Å². The van der Waals surface area contributed by atoms with E-state index in [1.807, 2.05) is 37.3 Å². The zero-order valence-corrected chi connectivity index (χ0v) is 17.5. The molecule has 0 N–H and O–H groups in total. The number of tetrazole rings is 1. The van der Waals surface area contributed by atoms with Crippen LogP contribution in [-0.2, 0) is 18.5 Å². The molecule has 0 unspecified atom stereocenters. The van der Waals surface area contributed by atoms with Gasteiger partial charge in [0.2, 0.25) is 0 Å². The minimum Gasteiger partial charge on any atom is -0.391 e. The van der Waals surface area contributed by atoms with E-state index < -0.39 is 0 Å². The first kappa shape index (κ1) is 19.2. The molecular formula is C24H23N5O2. The second kappa shape index (κ2) is 7.83. The summed E-state index contributed by atoms with van der Waals surface area (Å²) >= 11 is 0. The van der Waals surface area contributed by atoms with Crippen LogP contribution >= 0.6 is 0 Å². The summed E-state index contributed by atoms with van der Waals surface area (Å²) in [5.74, 6) is 0.497. The van der Waals surface area contributed by atoms with Crippen molar-refractivity contribution in [2.24, 2.45) is 12.2 Å². The first-order valence-electron chi connectivity index (χ1n) is 10.4. The summed E-state index contributed by atoms with van der Waals surface area (Å²) < 4.78 is 2.54. The SMILES string of the molecule is CC(=NOCc1c(C2CC2)cccc1-n1nnn(C)c1=O)c1ccc2ccccc2c1. The van der Waals surface area contributed by atoms with Gasteiger partial charge in [0.05, 0.1) is 11.4 Å². The van der Waals surface area contributed by atoms with Gasteiger partial charge in [0.15, 0.2) is 0 Å². The van der Waals surface area contributed by atoms with E-state index in [-0.39, 0.29) is 12.3 Å². The average Bonchev–Trinajstić information content (AvgIpc) is 3.59. The van der Waals surface area contributed by atoms with Gasteiger partial charge >= 0.3 is 5.69 Å². The molecule has 1 fully saturated rings. The second-order valence-electron chi connectivity index (χ2n) is 7.93. The van der Waals surface area contributed by atoms with Crippen LogP contribution in [0.15, 0.2) is 70.6 Å². The molecule has 5 rings (SSSR count). The molecule has 0 aliphatic heterocycles. The van der Waals surface area contributed by atoms with E-state index in [1.165, 1.54) is 20.3 Å². The molecule has 1 aliphatic carbocycles. The van der Waals surface area contributed by atoms with E-state index in [1.54, 1.807) is 7.05 Å². The quantitative estimate of drug-likeness (QED) is 0.354. The molecule has 0 radical (unpaired) electrons. The highest BCUT2D eigenvalue weighted by atomic mass is 16.6. The Balaban J connectivity index is 1.44. The van der Waals surface area contributed by atoms with Crippen LogP contribution in [0, 0.1) is 0 Å². The van der Waals surface area contributed by atoms with Gasteiger partial charge in [-0.05, 0) is 70.1 Å². The number of fused-ring (bicyclic) bond motifs is 1. The smallest absolute Gasteiger partial charge is 0.368 e. The van der Waals surface area contributed by atoms with Crippen LogP contribution in [0.25, 0.3) is 16.5 Å². The van der Waals surface area contributed by atoms with Crippen LogP contribution < -0.4 is 5.69 Å². The number of hydrogen-bond acceptors (Lipinski definition) is 5. The Bertz CT molecular complexity index is 1350. The molecule has 0 spiro atoms. The van der Waals surface area contributed by atoms with Gasteiger partial charge in [0.1, 0.15) is 6.61 Å². The van der Waals surface area contributed by atoms with E-state index in [2.05, 4.69) is 45.9 Å². The third-order valence-corrected chi connectivity index (χ3v) is 5.73. The Morgan fingerprint density at radius 3 is 2.61 bits per heavy atom. The van der Waals surface area contributed by atoms with Gasteiger partial charge in [-0.2, -0.15) is 9.36 Å². The predicted octanol–water partition coefficient (Wildman–Crippen LogP) is 3.94. The summed E-state index contributed by atoms with van der Waals surface area (Å²) in [5.41, 5.74) is 4.34. The molecule has 0 atom stereocenters. The third-order valence-electron chi connectivity index (χ3n) is 5.73. The molecule has 4 aromatic rings. The van der Waals surface area contributed by atoms with E-state index >= 15 is 0 Å². The third kappa shape index (κ3) is 3.74. The fourth-order valence-corrected chi connectivity index (χ4v) is 3.85. The van der Waals surface area contributed by atoms with Crippen LogP contribution in [0.1, 0.15) is 42.4 Å². The zero-order chi connectivity index (χ0) is 21.4. The average molecular weight is 413 g/mol. The largest absolute Gasteiger partial charge is 0.391 e. The molecule has 0 bridgehead atoms. The van der Waals surface area contributed by atoms with E-state index in [4.69, 9.17) is 4.84 Å². The minimum atomic E-state index is -0.287. The van der Waals surface area contributed by atoms with Crippen molar-refractivity contribution in [1.82, 2.24) is 19.8 Å². The molecule has 156 valence electrons. The standard InChI is InChI=1S/C24H23N5O2/c1-16(19-13-10-17-6-3-4-7-20(17)14-19)25-31-15-22-21(18-11-12-18)8-5-9-23(22)29-24(30)28(2)26-27-29/h3-10,13-14,18H,11-12,15H2,1-2H3. The number of aromatic nitrogens is 4. The molecule has 7 heteroatoms. The lowest BCUT2D eigenvalue weighted by atomic mass is 10.0. The highest BCUT2D eigenvalue weighted by molar-refractivity contribution is 6.01. The lowest BCUT2D eigenvalue weighted by Crippen LogP contribution is -2.23.